The summed E-state index contributed by atoms with van der Waals surface area (Å²) in [4.78, 5) is 14.2. The van der Waals surface area contributed by atoms with Crippen LogP contribution in [0.5, 0.6) is 5.75 Å². The van der Waals surface area contributed by atoms with Gasteiger partial charge in [-0.2, -0.15) is 0 Å². The molecule has 1 amide bonds. The zero-order valence-electron chi connectivity index (χ0n) is 13.8. The van der Waals surface area contributed by atoms with Crippen LogP contribution >= 0.6 is 0 Å². The minimum atomic E-state index is -3.35. The van der Waals surface area contributed by atoms with Gasteiger partial charge in [0, 0.05) is 25.4 Å². The molecule has 128 valence electrons. The van der Waals surface area contributed by atoms with Crippen LogP contribution in [-0.2, 0) is 14.6 Å². The van der Waals surface area contributed by atoms with Crippen molar-refractivity contribution in [3.8, 4) is 5.75 Å². The van der Waals surface area contributed by atoms with Crippen LogP contribution in [0.2, 0.25) is 0 Å². The summed E-state index contributed by atoms with van der Waals surface area (Å²) in [5, 5.41) is 1.84. The van der Waals surface area contributed by atoms with Crippen molar-refractivity contribution in [1.29, 1.82) is 0 Å². The van der Waals surface area contributed by atoms with Crippen molar-refractivity contribution in [1.82, 2.24) is 5.32 Å². The van der Waals surface area contributed by atoms with E-state index in [1.165, 1.54) is 6.92 Å². The van der Waals surface area contributed by atoms with Gasteiger partial charge in [0.15, 0.2) is 9.84 Å². The fourth-order valence-corrected chi connectivity index (χ4v) is 3.13. The zero-order chi connectivity index (χ0) is 17.0. The van der Waals surface area contributed by atoms with E-state index < -0.39 is 21.0 Å². The highest BCUT2D eigenvalue weighted by molar-refractivity contribution is 7.92. The van der Waals surface area contributed by atoms with Crippen LogP contribution in [0, 0.1) is 0 Å². The average Bonchev–Trinajstić information content (AvgIpc) is 2.54. The normalized spacial score (nSPS) is 17.6. The Morgan fingerprint density at radius 2 is 1.91 bits per heavy atom. The number of sulfone groups is 1. The van der Waals surface area contributed by atoms with Gasteiger partial charge in [-0.25, -0.2) is 8.42 Å². The molecule has 1 N–H and O–H groups in total. The molecule has 1 aliphatic rings. The third kappa shape index (κ3) is 4.37. The minimum Gasteiger partial charge on any atom is -0.495 e. The summed E-state index contributed by atoms with van der Waals surface area (Å²) in [6.07, 6.45) is 2.64. The van der Waals surface area contributed by atoms with Crippen LogP contribution in [0.1, 0.15) is 19.8 Å². The molecule has 0 radical (unpaired) electrons. The molecule has 7 heteroatoms. The molecule has 0 aliphatic carbocycles. The Labute approximate surface area is 137 Å². The van der Waals surface area contributed by atoms with Gasteiger partial charge in [-0.05, 0) is 31.9 Å². The number of ether oxygens (including phenoxy) is 1. The number of benzene rings is 1. The predicted molar refractivity (Wildman–Crippen MR) is 90.7 cm³/mol. The second-order valence-electron chi connectivity index (χ2n) is 5.91. The monoisotopic (exact) mass is 340 g/mol. The summed E-state index contributed by atoms with van der Waals surface area (Å²) in [5.74, 6) is 0.420. The molecule has 1 heterocycles. The lowest BCUT2D eigenvalue weighted by Crippen LogP contribution is -2.48. The molecule has 2 rings (SSSR count). The number of carbonyl (C=O) groups is 1. The Bertz CT molecular complexity index is 652. The summed E-state index contributed by atoms with van der Waals surface area (Å²) in [6, 6.07) is 7.86. The Balaban J connectivity index is 1.93. The topological polar surface area (TPSA) is 75.7 Å². The summed E-state index contributed by atoms with van der Waals surface area (Å²) in [7, 11) is -1.70. The van der Waals surface area contributed by atoms with Gasteiger partial charge in [0.05, 0.1) is 12.8 Å². The highest BCUT2D eigenvalue weighted by atomic mass is 32.2. The standard InChI is InChI=1S/C16H24N2O4S/c1-12(23(3,20)21)16(19)17-13-8-10-18(11-9-13)14-6-4-5-7-15(14)22-2/h4-7,12-13H,8-11H2,1-3H3,(H,17,19). The first-order valence-electron chi connectivity index (χ1n) is 7.70. The maximum atomic E-state index is 12.0. The molecule has 0 aromatic heterocycles. The van der Waals surface area contributed by atoms with Gasteiger partial charge in [-0.3, -0.25) is 4.79 Å². The lowest BCUT2D eigenvalue weighted by atomic mass is 10.0. The molecule has 1 saturated heterocycles. The van der Waals surface area contributed by atoms with Crippen LogP contribution in [0.25, 0.3) is 0 Å². The van der Waals surface area contributed by atoms with E-state index in [9.17, 15) is 13.2 Å². The van der Waals surface area contributed by atoms with Crippen LogP contribution in [0.15, 0.2) is 24.3 Å². The van der Waals surface area contributed by atoms with Gasteiger partial charge < -0.3 is 15.0 Å². The minimum absolute atomic E-state index is 0.0117. The SMILES string of the molecule is COc1ccccc1N1CCC(NC(=O)C(C)S(C)(=O)=O)CC1. The first-order chi connectivity index (χ1) is 10.8. The van der Waals surface area contributed by atoms with E-state index in [1.807, 2.05) is 24.3 Å². The summed E-state index contributed by atoms with van der Waals surface area (Å²) in [5.41, 5.74) is 1.05. The highest BCUT2D eigenvalue weighted by Gasteiger charge is 2.28. The maximum Gasteiger partial charge on any atom is 0.238 e. The molecule has 1 aromatic rings. The van der Waals surface area contributed by atoms with Crippen LogP contribution in [0.3, 0.4) is 0 Å². The summed E-state index contributed by atoms with van der Waals surface area (Å²) >= 11 is 0. The smallest absolute Gasteiger partial charge is 0.238 e. The van der Waals surface area contributed by atoms with E-state index in [0.717, 1.165) is 43.6 Å². The summed E-state index contributed by atoms with van der Waals surface area (Å²) in [6.45, 7) is 3.01. The van der Waals surface area contributed by atoms with Crippen molar-refractivity contribution in [3.63, 3.8) is 0 Å². The van der Waals surface area contributed by atoms with E-state index in [1.54, 1.807) is 7.11 Å². The van der Waals surface area contributed by atoms with Crippen molar-refractivity contribution in [2.45, 2.75) is 31.1 Å². The number of amides is 1. The van der Waals surface area contributed by atoms with E-state index >= 15 is 0 Å². The third-order valence-corrected chi connectivity index (χ3v) is 5.78. The molecular weight excluding hydrogens is 316 g/mol. The molecular formula is C16H24N2O4S. The first-order valence-corrected chi connectivity index (χ1v) is 9.65. The van der Waals surface area contributed by atoms with E-state index in [2.05, 4.69) is 10.2 Å². The fraction of sp³-hybridized carbons (Fsp3) is 0.562. The number of para-hydroxylation sites is 2. The number of nitrogens with zero attached hydrogens (tertiary/aromatic N) is 1. The van der Waals surface area contributed by atoms with Gasteiger partial charge >= 0.3 is 0 Å². The predicted octanol–water partition coefficient (Wildman–Crippen LogP) is 1.21. The van der Waals surface area contributed by atoms with E-state index in [4.69, 9.17) is 4.74 Å². The molecule has 0 spiro atoms. The number of carbonyl (C=O) groups excluding carboxylic acids is 1. The van der Waals surface area contributed by atoms with Crippen molar-refractivity contribution < 1.29 is 17.9 Å². The molecule has 6 nitrogen and oxygen atoms in total. The van der Waals surface area contributed by atoms with Gasteiger partial charge in [-0.1, -0.05) is 12.1 Å². The van der Waals surface area contributed by atoms with Gasteiger partial charge in [0.2, 0.25) is 5.91 Å². The molecule has 0 bridgehead atoms. The zero-order valence-corrected chi connectivity index (χ0v) is 14.6. The van der Waals surface area contributed by atoms with E-state index in [-0.39, 0.29) is 6.04 Å². The Morgan fingerprint density at radius 3 is 2.48 bits per heavy atom. The lowest BCUT2D eigenvalue weighted by molar-refractivity contribution is -0.121. The number of rotatable bonds is 5. The molecule has 1 fully saturated rings. The molecule has 1 aliphatic heterocycles. The molecule has 1 unspecified atom stereocenters. The van der Waals surface area contributed by atoms with Gasteiger partial charge in [0.25, 0.3) is 0 Å². The van der Waals surface area contributed by atoms with Crippen molar-refractivity contribution in [3.05, 3.63) is 24.3 Å². The lowest BCUT2D eigenvalue weighted by Gasteiger charge is -2.34. The number of anilines is 1. The van der Waals surface area contributed by atoms with Crippen LogP contribution in [-0.4, -0.2) is 52.1 Å². The second kappa shape index (κ2) is 7.21. The second-order valence-corrected chi connectivity index (χ2v) is 8.28. The number of hydrogen-bond acceptors (Lipinski definition) is 5. The van der Waals surface area contributed by atoms with Crippen molar-refractivity contribution >= 4 is 21.4 Å². The number of nitrogens with one attached hydrogen (secondary N) is 1. The van der Waals surface area contributed by atoms with Crippen LogP contribution < -0.4 is 15.0 Å². The van der Waals surface area contributed by atoms with Crippen molar-refractivity contribution in [2.75, 3.05) is 31.4 Å². The molecule has 23 heavy (non-hydrogen) atoms. The average molecular weight is 340 g/mol. The third-order valence-electron chi connectivity index (χ3n) is 4.28. The maximum absolute atomic E-state index is 12.0. The molecule has 1 aromatic carbocycles. The summed E-state index contributed by atoms with van der Waals surface area (Å²) < 4.78 is 28.3. The Kier molecular flexibility index (Phi) is 5.51. The van der Waals surface area contributed by atoms with E-state index in [0.29, 0.717) is 0 Å². The number of hydrogen-bond donors (Lipinski definition) is 1. The first kappa shape index (κ1) is 17.6. The molecule has 0 saturated carbocycles. The fourth-order valence-electron chi connectivity index (χ4n) is 2.67. The Hall–Kier alpha value is -1.76. The largest absolute Gasteiger partial charge is 0.495 e. The highest BCUT2D eigenvalue weighted by Crippen LogP contribution is 2.29. The van der Waals surface area contributed by atoms with Gasteiger partial charge in [-0.15, -0.1) is 0 Å². The van der Waals surface area contributed by atoms with Crippen molar-refractivity contribution in [2.24, 2.45) is 0 Å². The van der Waals surface area contributed by atoms with Gasteiger partial charge in [0.1, 0.15) is 11.0 Å². The van der Waals surface area contributed by atoms with Crippen LogP contribution in [0.4, 0.5) is 5.69 Å². The number of methoxy groups -OCH3 is 1. The Morgan fingerprint density at radius 1 is 1.30 bits per heavy atom. The number of piperidine rings is 1. The quantitative estimate of drug-likeness (QED) is 0.872. The molecule has 1 atom stereocenters.